The largest absolute Gasteiger partial charge is 0.443 e. The van der Waals surface area contributed by atoms with Gasteiger partial charge >= 0.3 is 6.09 Å². The second-order valence-electron chi connectivity index (χ2n) is 12.3. The number of nitrogens with zero attached hydrogens (tertiary/aromatic N) is 1. The minimum atomic E-state index is -1.12. The third-order valence-corrected chi connectivity index (χ3v) is 8.51. The van der Waals surface area contributed by atoms with E-state index in [0.717, 1.165) is 25.7 Å². The number of hydrogen-bond donors (Lipinski definition) is 2. The topological polar surface area (TPSA) is 96.5 Å². The van der Waals surface area contributed by atoms with Crippen molar-refractivity contribution >= 4 is 23.3 Å². The smallest absolute Gasteiger partial charge is 0.414 e. The normalized spacial score (nSPS) is 25.9. The van der Waals surface area contributed by atoms with Crippen LogP contribution in [0.5, 0.6) is 0 Å². The van der Waals surface area contributed by atoms with Crippen LogP contribution >= 0.6 is 0 Å². The summed E-state index contributed by atoms with van der Waals surface area (Å²) >= 11 is 0. The molecule has 7 heteroatoms. The molecule has 0 saturated heterocycles. The van der Waals surface area contributed by atoms with E-state index in [2.05, 4.69) is 12.1 Å². The highest BCUT2D eigenvalue weighted by atomic mass is 19.1. The maximum absolute atomic E-state index is 15.3. The van der Waals surface area contributed by atoms with Crippen LogP contribution in [0.25, 0.3) is 0 Å². The quantitative estimate of drug-likeness (QED) is 0.456. The highest BCUT2D eigenvalue weighted by Crippen LogP contribution is 2.48. The summed E-state index contributed by atoms with van der Waals surface area (Å²) in [6.45, 7) is 9.27. The van der Waals surface area contributed by atoms with Crippen LogP contribution in [-0.4, -0.2) is 35.8 Å². The van der Waals surface area contributed by atoms with Gasteiger partial charge in [0.15, 0.2) is 5.78 Å². The molecule has 6 nitrogen and oxygen atoms in total. The number of carbonyl (C=O) groups excluding carboxylic acids is 2. The number of halogens is 1. The number of ether oxygens (including phenoxy) is 1. The van der Waals surface area contributed by atoms with Gasteiger partial charge < -0.3 is 15.9 Å². The molecule has 4 rings (SSSR count). The van der Waals surface area contributed by atoms with Gasteiger partial charge in [-0.05, 0) is 94.5 Å². The Labute approximate surface area is 231 Å². The Bertz CT molecular complexity index is 1240. The number of carbonyl (C=O) groups is 2. The van der Waals surface area contributed by atoms with Gasteiger partial charge in [0.05, 0.1) is 16.8 Å². The zero-order chi connectivity index (χ0) is 28.5. The minimum absolute atomic E-state index is 0.0201. The van der Waals surface area contributed by atoms with Crippen molar-refractivity contribution in [2.75, 3.05) is 11.4 Å². The molecule has 0 aromatic heterocycles. The molecule has 39 heavy (non-hydrogen) atoms. The first-order valence-electron chi connectivity index (χ1n) is 14.1. The second kappa shape index (κ2) is 11.2. The van der Waals surface area contributed by atoms with E-state index in [0.29, 0.717) is 23.2 Å². The van der Waals surface area contributed by atoms with E-state index in [-0.39, 0.29) is 42.3 Å². The average Bonchev–Trinajstić information content (AvgIpc) is 2.85. The summed E-state index contributed by atoms with van der Waals surface area (Å²) < 4.78 is 20.9. The fourth-order valence-electron chi connectivity index (χ4n) is 6.54. The fraction of sp³-hybridized carbons (Fsp3) is 0.531. The second-order valence-corrected chi connectivity index (χ2v) is 12.3. The maximum atomic E-state index is 15.3. The van der Waals surface area contributed by atoms with Gasteiger partial charge in [-0.2, -0.15) is 0 Å². The molecule has 3 N–H and O–H groups in total. The monoisotopic (exact) mass is 535 g/mol. The number of fused-ring (bicyclic) bond motifs is 1. The van der Waals surface area contributed by atoms with Crippen molar-refractivity contribution in [1.82, 2.24) is 0 Å². The third kappa shape index (κ3) is 5.79. The van der Waals surface area contributed by atoms with Gasteiger partial charge in [-0.3, -0.25) is 9.69 Å². The van der Waals surface area contributed by atoms with E-state index in [9.17, 15) is 9.59 Å². The molecule has 4 atom stereocenters. The SMILES string of the molecule is CCN(C(=O)OC(C)(C)C)c1cc(F)cc2c1CC(=N)C(=O)C2(C)C1CCCC[C@H](c2ccccc2)[C@@H](N)C1. The molecule has 2 aromatic carbocycles. The van der Waals surface area contributed by atoms with Crippen LogP contribution in [0.15, 0.2) is 42.5 Å². The van der Waals surface area contributed by atoms with Gasteiger partial charge in [-0.1, -0.05) is 43.2 Å². The summed E-state index contributed by atoms with van der Waals surface area (Å²) in [5, 5.41) is 8.71. The van der Waals surface area contributed by atoms with Crippen molar-refractivity contribution in [3.05, 3.63) is 65.0 Å². The van der Waals surface area contributed by atoms with Crippen molar-refractivity contribution in [1.29, 1.82) is 5.41 Å². The van der Waals surface area contributed by atoms with Gasteiger partial charge in [0.1, 0.15) is 11.4 Å². The van der Waals surface area contributed by atoms with Gasteiger partial charge in [-0.15, -0.1) is 0 Å². The summed E-state index contributed by atoms with van der Waals surface area (Å²) in [5.74, 6) is -0.797. The van der Waals surface area contributed by atoms with E-state index in [1.54, 1.807) is 27.7 Å². The Morgan fingerprint density at radius 1 is 1.18 bits per heavy atom. The van der Waals surface area contributed by atoms with Crippen LogP contribution in [0.3, 0.4) is 0 Å². The Balaban J connectivity index is 1.79. The molecule has 0 aliphatic heterocycles. The number of nitrogens with one attached hydrogen (secondary N) is 1. The number of hydrogen-bond acceptors (Lipinski definition) is 5. The average molecular weight is 536 g/mol. The first-order valence-corrected chi connectivity index (χ1v) is 14.1. The Morgan fingerprint density at radius 2 is 1.85 bits per heavy atom. The summed E-state index contributed by atoms with van der Waals surface area (Å²) in [7, 11) is 0. The number of ketones is 1. The zero-order valence-electron chi connectivity index (χ0n) is 23.9. The minimum Gasteiger partial charge on any atom is -0.443 e. The van der Waals surface area contributed by atoms with Crippen molar-refractivity contribution in [3.8, 4) is 0 Å². The first-order chi connectivity index (χ1) is 18.4. The molecule has 0 heterocycles. The number of amides is 1. The summed E-state index contributed by atoms with van der Waals surface area (Å²) in [6.07, 6.45) is 3.70. The lowest BCUT2D eigenvalue weighted by molar-refractivity contribution is -0.120. The van der Waals surface area contributed by atoms with E-state index in [1.165, 1.54) is 22.6 Å². The molecular weight excluding hydrogens is 493 g/mol. The molecule has 210 valence electrons. The predicted molar refractivity (Wildman–Crippen MR) is 153 cm³/mol. The predicted octanol–water partition coefficient (Wildman–Crippen LogP) is 6.68. The summed E-state index contributed by atoms with van der Waals surface area (Å²) in [6, 6.07) is 12.8. The van der Waals surface area contributed by atoms with Crippen molar-refractivity contribution in [2.45, 2.75) is 96.1 Å². The molecule has 0 spiro atoms. The van der Waals surface area contributed by atoms with Crippen molar-refractivity contribution in [2.24, 2.45) is 11.7 Å². The van der Waals surface area contributed by atoms with Crippen LogP contribution in [0, 0.1) is 17.1 Å². The lowest BCUT2D eigenvalue weighted by atomic mass is 9.58. The first kappa shape index (κ1) is 28.9. The van der Waals surface area contributed by atoms with E-state index in [1.807, 2.05) is 25.1 Å². The van der Waals surface area contributed by atoms with Crippen LogP contribution in [-0.2, 0) is 21.4 Å². The highest BCUT2D eigenvalue weighted by molar-refractivity contribution is 6.43. The number of benzene rings is 2. The molecule has 0 radical (unpaired) electrons. The van der Waals surface area contributed by atoms with E-state index in [4.69, 9.17) is 15.9 Å². The van der Waals surface area contributed by atoms with E-state index >= 15 is 4.39 Å². The number of anilines is 1. The molecule has 2 aliphatic carbocycles. The lowest BCUT2D eigenvalue weighted by Crippen LogP contribution is -2.51. The van der Waals surface area contributed by atoms with Crippen LogP contribution < -0.4 is 10.6 Å². The van der Waals surface area contributed by atoms with E-state index < -0.39 is 22.9 Å². The van der Waals surface area contributed by atoms with Gasteiger partial charge in [0.2, 0.25) is 0 Å². The Hall–Kier alpha value is -3.06. The molecule has 1 fully saturated rings. The number of Topliss-reactive ketones (excluding diaryl/α,β-unsaturated/α-hetero) is 1. The molecule has 2 aromatic rings. The van der Waals surface area contributed by atoms with Gasteiger partial charge in [0.25, 0.3) is 0 Å². The highest BCUT2D eigenvalue weighted by Gasteiger charge is 2.50. The molecule has 0 bridgehead atoms. The maximum Gasteiger partial charge on any atom is 0.414 e. The summed E-state index contributed by atoms with van der Waals surface area (Å²) in [4.78, 5) is 28.4. The Kier molecular flexibility index (Phi) is 8.31. The molecule has 2 aliphatic rings. The van der Waals surface area contributed by atoms with Crippen LogP contribution in [0.2, 0.25) is 0 Å². The molecule has 1 amide bonds. The zero-order valence-corrected chi connectivity index (χ0v) is 23.9. The number of nitrogens with two attached hydrogens (primary N) is 1. The third-order valence-electron chi connectivity index (χ3n) is 8.51. The Morgan fingerprint density at radius 3 is 2.49 bits per heavy atom. The molecule has 2 unspecified atom stereocenters. The standard InChI is InChI=1S/C32H42FN3O3/c1-6-36(30(38)39-31(2,3)4)28-18-22(33)17-25-24(28)19-27(35)29(37)32(25,5)21-14-10-11-15-23(26(34)16-21)20-12-8-7-9-13-20/h7-9,12-13,17-18,21,23,26,35H,6,10-11,14-16,19,34H2,1-5H3/t21?,23-,26+,32?/m1/s1. The fourth-order valence-corrected chi connectivity index (χ4v) is 6.54. The van der Waals surface area contributed by atoms with Crippen molar-refractivity contribution in [3.63, 3.8) is 0 Å². The van der Waals surface area contributed by atoms with Crippen molar-refractivity contribution < 1.29 is 18.7 Å². The molecular formula is C32H42FN3O3. The van der Waals surface area contributed by atoms with Gasteiger partial charge in [0, 0.05) is 19.0 Å². The van der Waals surface area contributed by atoms with Gasteiger partial charge in [-0.25, -0.2) is 9.18 Å². The lowest BCUT2D eigenvalue weighted by Gasteiger charge is -2.44. The summed E-state index contributed by atoms with van der Waals surface area (Å²) in [5.41, 5.74) is 7.76. The number of rotatable bonds is 4. The molecule has 1 saturated carbocycles. The van der Waals surface area contributed by atoms with Crippen LogP contribution in [0.1, 0.15) is 89.3 Å². The van der Waals surface area contributed by atoms with Crippen LogP contribution in [0.4, 0.5) is 14.9 Å².